The van der Waals surface area contributed by atoms with Gasteiger partial charge in [-0.1, -0.05) is 6.58 Å². The van der Waals surface area contributed by atoms with Crippen LogP contribution in [0.3, 0.4) is 0 Å². The van der Waals surface area contributed by atoms with E-state index in [9.17, 15) is 14.3 Å². The first-order valence-electron chi connectivity index (χ1n) is 9.70. The van der Waals surface area contributed by atoms with Crippen LogP contribution in [0.2, 0.25) is 0 Å². The van der Waals surface area contributed by atoms with E-state index >= 15 is 4.39 Å². The molecule has 3 aromatic rings. The molecule has 1 aliphatic heterocycles. The topological polar surface area (TPSA) is 82.3 Å². The van der Waals surface area contributed by atoms with Gasteiger partial charge in [0.2, 0.25) is 5.91 Å². The van der Waals surface area contributed by atoms with Crippen molar-refractivity contribution < 1.29 is 18.7 Å². The molecule has 1 atom stereocenters. The van der Waals surface area contributed by atoms with Gasteiger partial charge in [-0.3, -0.25) is 4.79 Å². The zero-order chi connectivity index (χ0) is 21.7. The Labute approximate surface area is 172 Å². The largest absolute Gasteiger partial charge is 0.374 e. The van der Waals surface area contributed by atoms with Crippen molar-refractivity contribution in [3.63, 3.8) is 0 Å². The van der Waals surface area contributed by atoms with Gasteiger partial charge in [-0.15, -0.1) is 0 Å². The molecular formula is C23H23F2N3O2. The SMILES string of the molecule is C=CC(=O)N1CCc2c(cc(F)cc2-c2c(F)cc(C(N)O)c3[nH]c(C)c(C)c23)C1. The molecule has 7 heteroatoms. The lowest BCUT2D eigenvalue weighted by Gasteiger charge is -2.30. The summed E-state index contributed by atoms with van der Waals surface area (Å²) in [5.41, 5.74) is 10.2. The second-order valence-corrected chi connectivity index (χ2v) is 7.70. The van der Waals surface area contributed by atoms with Gasteiger partial charge in [0.25, 0.3) is 0 Å². The molecule has 1 aromatic heterocycles. The molecule has 0 radical (unpaired) electrons. The summed E-state index contributed by atoms with van der Waals surface area (Å²) in [6.45, 7) is 7.88. The standard InChI is InChI=1S/C23H23F2N3O2/c1-4-19(29)28-6-5-15-13(10-28)7-14(24)8-16(15)21-18(25)9-17(23(26)30)22-20(21)11(2)12(3)27-22/h4,7-9,23,27,30H,1,5-6,10,26H2,2-3H3. The zero-order valence-corrected chi connectivity index (χ0v) is 16.9. The zero-order valence-electron chi connectivity index (χ0n) is 16.9. The van der Waals surface area contributed by atoms with Crippen molar-refractivity contribution in [3.8, 4) is 11.1 Å². The molecule has 1 aliphatic rings. The second kappa shape index (κ2) is 7.34. The number of benzene rings is 2. The third-order valence-electron chi connectivity index (χ3n) is 5.93. The maximum Gasteiger partial charge on any atom is 0.246 e. The maximum atomic E-state index is 15.4. The lowest BCUT2D eigenvalue weighted by atomic mass is 9.87. The van der Waals surface area contributed by atoms with Gasteiger partial charge in [-0.25, -0.2) is 8.78 Å². The number of rotatable bonds is 3. The van der Waals surface area contributed by atoms with Crippen LogP contribution >= 0.6 is 0 Å². The summed E-state index contributed by atoms with van der Waals surface area (Å²) in [5.74, 6) is -1.31. The molecule has 0 aliphatic carbocycles. The molecule has 5 nitrogen and oxygen atoms in total. The van der Waals surface area contributed by atoms with Crippen LogP contribution in [0.4, 0.5) is 8.78 Å². The molecule has 0 saturated carbocycles. The van der Waals surface area contributed by atoms with Crippen LogP contribution in [0.25, 0.3) is 22.0 Å². The third kappa shape index (κ3) is 3.11. The van der Waals surface area contributed by atoms with Gasteiger partial charge in [0.15, 0.2) is 0 Å². The van der Waals surface area contributed by atoms with Crippen LogP contribution in [0.5, 0.6) is 0 Å². The van der Waals surface area contributed by atoms with E-state index < -0.39 is 17.9 Å². The highest BCUT2D eigenvalue weighted by Gasteiger charge is 2.27. The normalized spacial score (nSPS) is 14.7. The molecule has 1 amide bonds. The number of fused-ring (bicyclic) bond motifs is 2. The number of carbonyl (C=O) groups is 1. The minimum atomic E-state index is -1.35. The van der Waals surface area contributed by atoms with Crippen LogP contribution in [-0.2, 0) is 17.8 Å². The molecule has 156 valence electrons. The lowest BCUT2D eigenvalue weighted by molar-refractivity contribution is -0.126. The first kappa shape index (κ1) is 20.3. The number of aromatic amines is 1. The van der Waals surface area contributed by atoms with E-state index in [0.717, 1.165) is 16.8 Å². The number of halogens is 2. The van der Waals surface area contributed by atoms with E-state index in [2.05, 4.69) is 11.6 Å². The van der Waals surface area contributed by atoms with Gasteiger partial charge in [0.1, 0.15) is 17.9 Å². The van der Waals surface area contributed by atoms with Crippen LogP contribution in [-0.4, -0.2) is 27.4 Å². The van der Waals surface area contributed by atoms with E-state index in [4.69, 9.17) is 5.73 Å². The van der Waals surface area contributed by atoms with Gasteiger partial charge in [0.05, 0.1) is 5.52 Å². The Bertz CT molecular complexity index is 1200. The quantitative estimate of drug-likeness (QED) is 0.454. The number of carbonyl (C=O) groups excluding carboxylic acids is 1. The molecular weight excluding hydrogens is 388 g/mol. The first-order valence-corrected chi connectivity index (χ1v) is 9.70. The maximum absolute atomic E-state index is 15.4. The summed E-state index contributed by atoms with van der Waals surface area (Å²) in [5, 5.41) is 10.5. The fraction of sp³-hybridized carbons (Fsp3) is 0.261. The highest BCUT2D eigenvalue weighted by atomic mass is 19.1. The predicted molar refractivity (Wildman–Crippen MR) is 112 cm³/mol. The van der Waals surface area contributed by atoms with Crippen LogP contribution < -0.4 is 5.73 Å². The second-order valence-electron chi connectivity index (χ2n) is 7.70. The van der Waals surface area contributed by atoms with Crippen molar-refractivity contribution in [2.24, 2.45) is 5.73 Å². The van der Waals surface area contributed by atoms with Gasteiger partial charge in [-0.2, -0.15) is 0 Å². The number of hydrogen-bond donors (Lipinski definition) is 3. The van der Waals surface area contributed by atoms with Gasteiger partial charge >= 0.3 is 0 Å². The fourth-order valence-corrected chi connectivity index (χ4v) is 4.35. The van der Waals surface area contributed by atoms with Crippen molar-refractivity contribution in [3.05, 3.63) is 70.4 Å². The molecule has 0 fully saturated rings. The third-order valence-corrected chi connectivity index (χ3v) is 5.93. The summed E-state index contributed by atoms with van der Waals surface area (Å²) >= 11 is 0. The fourth-order valence-electron chi connectivity index (χ4n) is 4.35. The number of nitrogens with one attached hydrogen (secondary N) is 1. The molecule has 1 unspecified atom stereocenters. The molecule has 0 saturated heterocycles. The Morgan fingerprint density at radius 1 is 1.33 bits per heavy atom. The Morgan fingerprint density at radius 2 is 2.07 bits per heavy atom. The van der Waals surface area contributed by atoms with Gasteiger partial charge in [-0.05, 0) is 66.8 Å². The summed E-state index contributed by atoms with van der Waals surface area (Å²) in [7, 11) is 0. The van der Waals surface area contributed by atoms with E-state index in [0.29, 0.717) is 35.0 Å². The summed E-state index contributed by atoms with van der Waals surface area (Å²) in [4.78, 5) is 16.8. The van der Waals surface area contributed by atoms with Crippen molar-refractivity contribution in [1.82, 2.24) is 9.88 Å². The predicted octanol–water partition coefficient (Wildman–Crippen LogP) is 3.75. The van der Waals surface area contributed by atoms with Crippen molar-refractivity contribution >= 4 is 16.8 Å². The molecule has 4 N–H and O–H groups in total. The Balaban J connectivity index is 2.00. The summed E-state index contributed by atoms with van der Waals surface area (Å²) in [6, 6.07) is 3.93. The van der Waals surface area contributed by atoms with E-state index in [1.807, 2.05) is 13.8 Å². The molecule has 4 rings (SSSR count). The highest BCUT2D eigenvalue weighted by molar-refractivity contribution is 6.01. The molecule has 2 heterocycles. The van der Waals surface area contributed by atoms with Crippen molar-refractivity contribution in [1.29, 1.82) is 0 Å². The summed E-state index contributed by atoms with van der Waals surface area (Å²) < 4.78 is 30.0. The lowest BCUT2D eigenvalue weighted by Crippen LogP contribution is -2.35. The minimum Gasteiger partial charge on any atom is -0.374 e. The molecule has 2 aromatic carbocycles. The van der Waals surface area contributed by atoms with Crippen LogP contribution in [0.1, 0.15) is 34.2 Å². The van der Waals surface area contributed by atoms with Crippen LogP contribution in [0.15, 0.2) is 30.9 Å². The van der Waals surface area contributed by atoms with Gasteiger partial charge < -0.3 is 20.7 Å². The Hall–Kier alpha value is -3.03. The number of hydrogen-bond acceptors (Lipinski definition) is 3. The van der Waals surface area contributed by atoms with Gasteiger partial charge in [0, 0.05) is 35.3 Å². The Kier molecular flexibility index (Phi) is 4.95. The highest BCUT2D eigenvalue weighted by Crippen LogP contribution is 2.41. The number of aryl methyl sites for hydroxylation is 2. The molecule has 30 heavy (non-hydrogen) atoms. The van der Waals surface area contributed by atoms with Crippen LogP contribution in [0, 0.1) is 25.5 Å². The minimum absolute atomic E-state index is 0.224. The number of H-pyrrole nitrogens is 1. The molecule has 0 bridgehead atoms. The number of nitrogens with zero attached hydrogens (tertiary/aromatic N) is 1. The molecule has 0 spiro atoms. The number of amides is 1. The van der Waals surface area contributed by atoms with Crippen molar-refractivity contribution in [2.75, 3.05) is 6.54 Å². The Morgan fingerprint density at radius 3 is 2.73 bits per heavy atom. The average Bonchev–Trinajstić information content (AvgIpc) is 3.00. The van der Waals surface area contributed by atoms with E-state index in [1.54, 1.807) is 4.90 Å². The number of aliphatic hydroxyl groups excluding tert-OH is 1. The van der Waals surface area contributed by atoms with E-state index in [1.165, 1.54) is 24.3 Å². The number of aliphatic hydroxyl groups is 1. The number of nitrogens with two attached hydrogens (primary N) is 1. The van der Waals surface area contributed by atoms with E-state index in [-0.39, 0.29) is 23.6 Å². The number of aromatic nitrogens is 1. The van der Waals surface area contributed by atoms with Crippen molar-refractivity contribution in [2.45, 2.75) is 33.0 Å². The summed E-state index contributed by atoms with van der Waals surface area (Å²) in [6.07, 6.45) is 0.347. The first-order chi connectivity index (χ1) is 14.2. The average molecular weight is 411 g/mol. The smallest absolute Gasteiger partial charge is 0.246 e. The monoisotopic (exact) mass is 411 g/mol.